The fraction of sp³-hybridized carbons (Fsp3) is 0.0952. The van der Waals surface area contributed by atoms with Crippen molar-refractivity contribution in [2.45, 2.75) is 11.4 Å². The lowest BCUT2D eigenvalue weighted by molar-refractivity contribution is -0.123. The van der Waals surface area contributed by atoms with E-state index in [1.807, 2.05) is 0 Å². The summed E-state index contributed by atoms with van der Waals surface area (Å²) < 4.78 is 32.7. The number of amides is 1. The van der Waals surface area contributed by atoms with Crippen molar-refractivity contribution in [2.24, 2.45) is 0 Å². The summed E-state index contributed by atoms with van der Waals surface area (Å²) in [5.74, 6) is 0.0248. The molecule has 2 N–H and O–H groups in total. The van der Waals surface area contributed by atoms with Gasteiger partial charge in [-0.05, 0) is 54.1 Å². The molecule has 0 aliphatic rings. The molecular weight excluding hydrogens is 447 g/mol. The third-order valence-corrected chi connectivity index (χ3v) is 6.01. The number of benzene rings is 3. The van der Waals surface area contributed by atoms with Crippen molar-refractivity contribution in [1.29, 1.82) is 0 Å². The molecule has 0 bridgehead atoms. The van der Waals surface area contributed by atoms with Gasteiger partial charge in [0.15, 0.2) is 6.61 Å². The number of carbonyl (C=O) groups excluding carboxylic acids is 1. The van der Waals surface area contributed by atoms with Crippen molar-refractivity contribution in [2.75, 3.05) is 11.3 Å². The van der Waals surface area contributed by atoms with E-state index in [4.69, 9.17) is 27.9 Å². The molecule has 0 atom stereocenters. The summed E-state index contributed by atoms with van der Waals surface area (Å²) in [4.78, 5) is 12.1. The molecule has 6 nitrogen and oxygen atoms in total. The Bertz CT molecular complexity index is 1120. The van der Waals surface area contributed by atoms with Crippen LogP contribution in [0.4, 0.5) is 5.69 Å². The molecule has 0 spiro atoms. The highest BCUT2D eigenvalue weighted by Crippen LogP contribution is 2.21. The summed E-state index contributed by atoms with van der Waals surface area (Å²) in [5.41, 5.74) is 1.20. The molecule has 9 heteroatoms. The standard InChI is InChI=1S/C21H18Cl2N2O4S/c22-16-7-6-15(20(23)12-16)13-24-21(26)14-29-18-8-10-19(11-9-18)30(27,28)25-17-4-2-1-3-5-17/h1-12,25H,13-14H2,(H,24,26). The van der Waals surface area contributed by atoms with E-state index in [0.717, 1.165) is 5.56 Å². The number of rotatable bonds is 8. The zero-order valence-electron chi connectivity index (χ0n) is 15.6. The molecular formula is C21H18Cl2N2O4S. The van der Waals surface area contributed by atoms with Gasteiger partial charge in [-0.15, -0.1) is 0 Å². The smallest absolute Gasteiger partial charge is 0.261 e. The Morgan fingerprint density at radius 2 is 1.63 bits per heavy atom. The average Bonchev–Trinajstić information content (AvgIpc) is 2.72. The first-order chi connectivity index (χ1) is 14.3. The van der Waals surface area contributed by atoms with Gasteiger partial charge < -0.3 is 10.1 Å². The molecule has 156 valence electrons. The van der Waals surface area contributed by atoms with Crippen LogP contribution in [-0.2, 0) is 21.4 Å². The van der Waals surface area contributed by atoms with Crippen molar-refractivity contribution in [1.82, 2.24) is 5.32 Å². The molecule has 0 aliphatic heterocycles. The quantitative estimate of drug-likeness (QED) is 0.514. The number of ether oxygens (including phenoxy) is 1. The fourth-order valence-electron chi connectivity index (χ4n) is 2.49. The molecule has 0 fully saturated rings. The summed E-state index contributed by atoms with van der Waals surface area (Å²) in [7, 11) is -3.71. The number of anilines is 1. The Hall–Kier alpha value is -2.74. The van der Waals surface area contributed by atoms with Crippen LogP contribution >= 0.6 is 23.2 Å². The number of nitrogens with one attached hydrogen (secondary N) is 2. The van der Waals surface area contributed by atoms with E-state index in [-0.39, 0.29) is 24.0 Å². The number of carbonyl (C=O) groups is 1. The summed E-state index contributed by atoms with van der Waals surface area (Å²) in [6.45, 7) is 0.0140. The maximum absolute atomic E-state index is 12.4. The van der Waals surface area contributed by atoms with Crippen LogP contribution in [-0.4, -0.2) is 20.9 Å². The Morgan fingerprint density at radius 3 is 2.30 bits per heavy atom. The first-order valence-corrected chi connectivity index (χ1v) is 11.1. The minimum absolute atomic E-state index is 0.0838. The molecule has 0 aromatic heterocycles. The summed E-state index contributed by atoms with van der Waals surface area (Å²) in [5, 5.41) is 3.67. The van der Waals surface area contributed by atoms with Gasteiger partial charge in [-0.3, -0.25) is 9.52 Å². The molecule has 0 unspecified atom stereocenters. The lowest BCUT2D eigenvalue weighted by Gasteiger charge is -2.10. The van der Waals surface area contributed by atoms with Crippen molar-refractivity contribution < 1.29 is 17.9 Å². The molecule has 30 heavy (non-hydrogen) atoms. The lowest BCUT2D eigenvalue weighted by atomic mass is 10.2. The number of hydrogen-bond acceptors (Lipinski definition) is 4. The van der Waals surface area contributed by atoms with Crippen LogP contribution in [0.1, 0.15) is 5.56 Å². The van der Waals surface area contributed by atoms with Gasteiger partial charge >= 0.3 is 0 Å². The SMILES string of the molecule is O=C(COc1ccc(S(=O)(=O)Nc2ccccc2)cc1)NCc1ccc(Cl)cc1Cl. The normalized spacial score (nSPS) is 11.0. The molecule has 3 rings (SSSR count). The van der Waals surface area contributed by atoms with Crippen LogP contribution in [0.5, 0.6) is 5.75 Å². The second kappa shape index (κ2) is 9.84. The van der Waals surface area contributed by atoms with E-state index >= 15 is 0 Å². The largest absolute Gasteiger partial charge is 0.484 e. The molecule has 0 radical (unpaired) electrons. The van der Waals surface area contributed by atoms with E-state index in [9.17, 15) is 13.2 Å². The van der Waals surface area contributed by atoms with Gasteiger partial charge in [-0.2, -0.15) is 0 Å². The molecule has 0 saturated heterocycles. The van der Waals surface area contributed by atoms with Crippen LogP contribution < -0.4 is 14.8 Å². The number of sulfonamides is 1. The number of hydrogen-bond donors (Lipinski definition) is 2. The van der Waals surface area contributed by atoms with Gasteiger partial charge in [-0.25, -0.2) is 8.42 Å². The van der Waals surface area contributed by atoms with E-state index in [1.165, 1.54) is 24.3 Å². The third kappa shape index (κ3) is 6.13. The third-order valence-electron chi connectivity index (χ3n) is 4.02. The number of halogens is 2. The maximum Gasteiger partial charge on any atom is 0.261 e. The minimum Gasteiger partial charge on any atom is -0.484 e. The molecule has 1 amide bonds. The van der Waals surface area contributed by atoms with Gasteiger partial charge in [0.25, 0.3) is 15.9 Å². The van der Waals surface area contributed by atoms with Crippen molar-refractivity contribution in [3.8, 4) is 5.75 Å². The Balaban J connectivity index is 1.52. The van der Waals surface area contributed by atoms with Crippen LogP contribution in [0.15, 0.2) is 77.7 Å². The second-order valence-electron chi connectivity index (χ2n) is 6.24. The van der Waals surface area contributed by atoms with Gasteiger partial charge in [0.05, 0.1) is 4.90 Å². The highest BCUT2D eigenvalue weighted by atomic mass is 35.5. The molecule has 0 heterocycles. The molecule has 0 saturated carbocycles. The maximum atomic E-state index is 12.4. The predicted molar refractivity (Wildman–Crippen MR) is 117 cm³/mol. The van der Waals surface area contributed by atoms with Gasteiger partial charge in [0, 0.05) is 22.3 Å². The highest BCUT2D eigenvalue weighted by Gasteiger charge is 2.14. The first kappa shape index (κ1) is 22.0. The summed E-state index contributed by atoms with van der Waals surface area (Å²) >= 11 is 11.9. The molecule has 0 aliphatic carbocycles. The summed E-state index contributed by atoms with van der Waals surface area (Å²) in [6.07, 6.45) is 0. The minimum atomic E-state index is -3.71. The van der Waals surface area contributed by atoms with E-state index in [0.29, 0.717) is 21.5 Å². The van der Waals surface area contributed by atoms with Crippen LogP contribution in [0.3, 0.4) is 0 Å². The highest BCUT2D eigenvalue weighted by molar-refractivity contribution is 7.92. The zero-order chi connectivity index (χ0) is 21.6. The van der Waals surface area contributed by atoms with E-state index in [2.05, 4.69) is 10.0 Å². The van der Waals surface area contributed by atoms with Gasteiger partial charge in [0.2, 0.25) is 0 Å². The molecule has 3 aromatic carbocycles. The number of para-hydroxylation sites is 1. The second-order valence-corrected chi connectivity index (χ2v) is 8.77. The monoisotopic (exact) mass is 464 g/mol. The van der Waals surface area contributed by atoms with E-state index in [1.54, 1.807) is 48.5 Å². The first-order valence-electron chi connectivity index (χ1n) is 8.85. The van der Waals surface area contributed by atoms with Crippen LogP contribution in [0.25, 0.3) is 0 Å². The Labute approximate surface area is 184 Å². The van der Waals surface area contributed by atoms with Crippen molar-refractivity contribution in [3.05, 3.63) is 88.4 Å². The fourth-order valence-corrected chi connectivity index (χ4v) is 4.03. The van der Waals surface area contributed by atoms with Crippen molar-refractivity contribution >= 4 is 44.8 Å². The average molecular weight is 465 g/mol. The van der Waals surface area contributed by atoms with Gasteiger partial charge in [-0.1, -0.05) is 47.5 Å². The predicted octanol–water partition coefficient (Wildman–Crippen LogP) is 4.49. The van der Waals surface area contributed by atoms with Crippen molar-refractivity contribution in [3.63, 3.8) is 0 Å². The Morgan fingerprint density at radius 1 is 0.933 bits per heavy atom. The van der Waals surface area contributed by atoms with E-state index < -0.39 is 10.0 Å². The lowest BCUT2D eigenvalue weighted by Crippen LogP contribution is -2.28. The molecule has 3 aromatic rings. The van der Waals surface area contributed by atoms with Gasteiger partial charge in [0.1, 0.15) is 5.75 Å². The Kier molecular flexibility index (Phi) is 7.20. The van der Waals surface area contributed by atoms with Crippen LogP contribution in [0, 0.1) is 0 Å². The topological polar surface area (TPSA) is 84.5 Å². The van der Waals surface area contributed by atoms with Crippen LogP contribution in [0.2, 0.25) is 10.0 Å². The zero-order valence-corrected chi connectivity index (χ0v) is 18.0. The summed E-state index contributed by atoms with van der Waals surface area (Å²) in [6, 6.07) is 19.4.